The molecule has 102 valence electrons. The summed E-state index contributed by atoms with van der Waals surface area (Å²) >= 11 is 1.41. The van der Waals surface area contributed by atoms with Crippen LogP contribution in [-0.4, -0.2) is 17.4 Å². The number of benzene rings is 2. The van der Waals surface area contributed by atoms with E-state index in [-0.39, 0.29) is 17.4 Å². The third kappa shape index (κ3) is 3.71. The van der Waals surface area contributed by atoms with E-state index in [1.54, 1.807) is 6.92 Å². The number of ketones is 1. The van der Waals surface area contributed by atoms with Gasteiger partial charge in [-0.3, -0.25) is 9.59 Å². The number of Topliss-reactive ketones (excluding diaryl/α,β-unsaturated/α-hetero) is 1. The lowest BCUT2D eigenvalue weighted by Crippen LogP contribution is -2.12. The van der Waals surface area contributed by atoms with Crippen LogP contribution in [0.3, 0.4) is 0 Å². The van der Waals surface area contributed by atoms with Gasteiger partial charge in [0.05, 0.1) is 5.75 Å². The fourth-order valence-electron chi connectivity index (χ4n) is 1.82. The van der Waals surface area contributed by atoms with E-state index < -0.39 is 0 Å². The lowest BCUT2D eigenvalue weighted by Gasteiger charge is -2.05. The zero-order valence-corrected chi connectivity index (χ0v) is 11.9. The Hall–Kier alpha value is -2.07. The van der Waals surface area contributed by atoms with E-state index >= 15 is 0 Å². The van der Waals surface area contributed by atoms with Crippen LogP contribution in [0.2, 0.25) is 0 Å². The number of primary amides is 1. The van der Waals surface area contributed by atoms with Gasteiger partial charge in [-0.2, -0.15) is 0 Å². The van der Waals surface area contributed by atoms with Gasteiger partial charge in [-0.05, 0) is 36.2 Å². The Kier molecular flexibility index (Phi) is 4.58. The van der Waals surface area contributed by atoms with Gasteiger partial charge < -0.3 is 5.73 Å². The van der Waals surface area contributed by atoms with E-state index in [9.17, 15) is 9.59 Å². The molecule has 0 heterocycles. The van der Waals surface area contributed by atoms with Gasteiger partial charge in [0.1, 0.15) is 0 Å². The Morgan fingerprint density at radius 2 is 1.75 bits per heavy atom. The van der Waals surface area contributed by atoms with Gasteiger partial charge in [0.2, 0.25) is 5.91 Å². The van der Waals surface area contributed by atoms with Crippen molar-refractivity contribution in [3.8, 4) is 11.1 Å². The monoisotopic (exact) mass is 285 g/mol. The molecule has 0 atom stereocenters. The number of carbonyl (C=O) groups excluding carboxylic acids is 2. The molecule has 0 aliphatic carbocycles. The highest BCUT2D eigenvalue weighted by Gasteiger charge is 2.03. The van der Waals surface area contributed by atoms with E-state index in [4.69, 9.17) is 5.73 Å². The van der Waals surface area contributed by atoms with Crippen LogP contribution < -0.4 is 5.73 Å². The Balaban J connectivity index is 2.19. The van der Waals surface area contributed by atoms with Crippen molar-refractivity contribution < 1.29 is 9.59 Å². The number of hydrogen-bond donors (Lipinski definition) is 1. The second kappa shape index (κ2) is 6.39. The highest BCUT2D eigenvalue weighted by Crippen LogP contribution is 2.24. The Bertz CT molecular complexity index is 635. The second-order valence-corrected chi connectivity index (χ2v) is 5.47. The molecule has 0 aromatic heterocycles. The largest absolute Gasteiger partial charge is 0.369 e. The lowest BCUT2D eigenvalue weighted by molar-refractivity contribution is -0.115. The zero-order chi connectivity index (χ0) is 14.5. The van der Waals surface area contributed by atoms with Crippen molar-refractivity contribution in [3.05, 3.63) is 54.1 Å². The predicted octanol–water partition coefficient (Wildman–Crippen LogP) is 3.13. The fourth-order valence-corrected chi connectivity index (χ4v) is 2.45. The first-order valence-corrected chi connectivity index (χ1v) is 7.17. The van der Waals surface area contributed by atoms with Crippen LogP contribution in [0.15, 0.2) is 53.4 Å². The maximum atomic E-state index is 11.4. The SMILES string of the molecule is CC(=O)c1cccc(-c2ccc(SCC(N)=O)cc2)c1. The molecule has 0 saturated carbocycles. The highest BCUT2D eigenvalue weighted by molar-refractivity contribution is 8.00. The van der Waals surface area contributed by atoms with E-state index in [1.807, 2.05) is 48.5 Å². The van der Waals surface area contributed by atoms with Gasteiger partial charge >= 0.3 is 0 Å². The summed E-state index contributed by atoms with van der Waals surface area (Å²) < 4.78 is 0. The number of hydrogen-bond acceptors (Lipinski definition) is 3. The van der Waals surface area contributed by atoms with Crippen molar-refractivity contribution in [1.82, 2.24) is 0 Å². The summed E-state index contributed by atoms with van der Waals surface area (Å²) in [7, 11) is 0. The van der Waals surface area contributed by atoms with E-state index in [1.165, 1.54) is 11.8 Å². The minimum absolute atomic E-state index is 0.0560. The maximum Gasteiger partial charge on any atom is 0.227 e. The third-order valence-electron chi connectivity index (χ3n) is 2.84. The number of nitrogens with two attached hydrogens (primary N) is 1. The van der Waals surface area contributed by atoms with Gasteiger partial charge in [0.25, 0.3) is 0 Å². The average Bonchev–Trinajstić information content (AvgIpc) is 2.46. The van der Waals surface area contributed by atoms with Crippen LogP contribution in [0.5, 0.6) is 0 Å². The normalized spacial score (nSPS) is 10.2. The summed E-state index contributed by atoms with van der Waals surface area (Å²) in [4.78, 5) is 23.1. The molecule has 2 aromatic rings. The van der Waals surface area contributed by atoms with Crippen LogP contribution in [0, 0.1) is 0 Å². The van der Waals surface area contributed by atoms with Crippen LogP contribution in [0.25, 0.3) is 11.1 Å². The molecule has 0 aliphatic heterocycles. The van der Waals surface area contributed by atoms with Crippen LogP contribution in [0.4, 0.5) is 0 Å². The third-order valence-corrected chi connectivity index (χ3v) is 3.87. The van der Waals surface area contributed by atoms with Gasteiger partial charge in [0.15, 0.2) is 5.78 Å². The minimum Gasteiger partial charge on any atom is -0.369 e. The van der Waals surface area contributed by atoms with Crippen molar-refractivity contribution in [1.29, 1.82) is 0 Å². The predicted molar refractivity (Wildman–Crippen MR) is 81.8 cm³/mol. The van der Waals surface area contributed by atoms with Crippen molar-refractivity contribution >= 4 is 23.5 Å². The van der Waals surface area contributed by atoms with E-state index in [2.05, 4.69) is 0 Å². The van der Waals surface area contributed by atoms with Gasteiger partial charge in [-0.15, -0.1) is 11.8 Å². The highest BCUT2D eigenvalue weighted by atomic mass is 32.2. The summed E-state index contributed by atoms with van der Waals surface area (Å²) in [5.74, 6) is 0.00725. The van der Waals surface area contributed by atoms with Crippen LogP contribution in [0.1, 0.15) is 17.3 Å². The zero-order valence-electron chi connectivity index (χ0n) is 11.1. The number of amides is 1. The molecule has 20 heavy (non-hydrogen) atoms. The summed E-state index contributed by atoms with van der Waals surface area (Å²) in [5.41, 5.74) is 7.86. The lowest BCUT2D eigenvalue weighted by atomic mass is 10.0. The molecule has 0 aliphatic rings. The molecule has 4 heteroatoms. The Morgan fingerprint density at radius 1 is 1.05 bits per heavy atom. The van der Waals surface area contributed by atoms with Gasteiger partial charge in [-0.1, -0.05) is 30.3 Å². The number of thioether (sulfide) groups is 1. The van der Waals surface area contributed by atoms with Crippen molar-refractivity contribution in [2.45, 2.75) is 11.8 Å². The number of carbonyl (C=O) groups is 2. The summed E-state index contributed by atoms with van der Waals surface area (Å²) in [6.45, 7) is 1.56. The Labute approximate surface area is 122 Å². The first-order chi connectivity index (χ1) is 9.56. The fraction of sp³-hybridized carbons (Fsp3) is 0.125. The van der Waals surface area contributed by atoms with Gasteiger partial charge in [0, 0.05) is 10.5 Å². The molecule has 0 spiro atoms. The molecule has 2 aromatic carbocycles. The number of rotatable bonds is 5. The molecule has 0 fully saturated rings. The molecule has 2 rings (SSSR count). The quantitative estimate of drug-likeness (QED) is 0.678. The average molecular weight is 285 g/mol. The van der Waals surface area contributed by atoms with Gasteiger partial charge in [-0.25, -0.2) is 0 Å². The molecule has 0 unspecified atom stereocenters. The standard InChI is InChI=1S/C16H15NO2S/c1-11(18)13-3-2-4-14(9-13)12-5-7-15(8-6-12)20-10-16(17)19/h2-9H,10H2,1H3,(H2,17,19). The van der Waals surface area contributed by atoms with Crippen molar-refractivity contribution in [2.24, 2.45) is 5.73 Å². The Morgan fingerprint density at radius 3 is 2.35 bits per heavy atom. The molecule has 2 N–H and O–H groups in total. The maximum absolute atomic E-state index is 11.4. The molecule has 0 saturated heterocycles. The molecule has 3 nitrogen and oxygen atoms in total. The first kappa shape index (κ1) is 14.3. The summed E-state index contributed by atoms with van der Waals surface area (Å²) in [5, 5.41) is 0. The smallest absolute Gasteiger partial charge is 0.227 e. The summed E-state index contributed by atoms with van der Waals surface area (Å²) in [6, 6.07) is 15.4. The molecular weight excluding hydrogens is 270 g/mol. The van der Waals surface area contributed by atoms with Crippen LogP contribution in [-0.2, 0) is 4.79 Å². The van der Waals surface area contributed by atoms with E-state index in [0.29, 0.717) is 5.56 Å². The van der Waals surface area contributed by atoms with Crippen molar-refractivity contribution in [3.63, 3.8) is 0 Å². The topological polar surface area (TPSA) is 60.2 Å². The minimum atomic E-state index is -0.326. The van der Waals surface area contributed by atoms with Crippen LogP contribution >= 0.6 is 11.8 Å². The van der Waals surface area contributed by atoms with E-state index in [0.717, 1.165) is 16.0 Å². The first-order valence-electron chi connectivity index (χ1n) is 6.19. The molecular formula is C16H15NO2S. The van der Waals surface area contributed by atoms with Crippen molar-refractivity contribution in [2.75, 3.05) is 5.75 Å². The molecule has 1 amide bonds. The molecule has 0 radical (unpaired) electrons. The molecule has 0 bridgehead atoms. The summed E-state index contributed by atoms with van der Waals surface area (Å²) in [6.07, 6.45) is 0. The second-order valence-electron chi connectivity index (χ2n) is 4.42.